The van der Waals surface area contributed by atoms with Gasteiger partial charge in [-0.1, -0.05) is 106 Å². The fraction of sp³-hybridized carbons (Fsp3) is 0.432. The van der Waals surface area contributed by atoms with Gasteiger partial charge in [-0.05, 0) is 49.2 Å². The van der Waals surface area contributed by atoms with Crippen LogP contribution in [0.3, 0.4) is 0 Å². The summed E-state index contributed by atoms with van der Waals surface area (Å²) in [6.45, 7) is 12.4. The summed E-state index contributed by atoms with van der Waals surface area (Å²) in [6.07, 6.45) is 8.31. The lowest BCUT2D eigenvalue weighted by atomic mass is 9.88. The highest BCUT2D eigenvalue weighted by Gasteiger charge is 2.36. The third kappa shape index (κ3) is 17.6. The van der Waals surface area contributed by atoms with E-state index in [-0.39, 0.29) is 12.5 Å². The minimum absolute atomic E-state index is 0.114. The van der Waals surface area contributed by atoms with Gasteiger partial charge >= 0.3 is 0 Å². The predicted octanol–water partition coefficient (Wildman–Crippen LogP) is 4.53. The van der Waals surface area contributed by atoms with E-state index in [0.29, 0.717) is 31.8 Å². The number of nitrogens with zero attached hydrogens (tertiary/aromatic N) is 3. The SMILES string of the molecule is C=O.CC1CC(C#N)N(C(=O)CN(C)C(=O)C(O)C(C)(C)C)C1.Cc1ccccc1.NCc1ccccc1.O=CNC1=CCCC=C1. The molecule has 1 saturated heterocycles. The molecule has 10 nitrogen and oxygen atoms in total. The molecule has 3 amide bonds. The average Bonchev–Trinajstić information content (AvgIpc) is 3.47. The van der Waals surface area contributed by atoms with Gasteiger partial charge in [0.15, 0.2) is 0 Å². The molecule has 2 aromatic rings. The van der Waals surface area contributed by atoms with Crippen molar-refractivity contribution >= 4 is 25.0 Å². The van der Waals surface area contributed by atoms with E-state index in [1.54, 1.807) is 20.8 Å². The Kier molecular flexibility index (Phi) is 21.4. The number of aryl methyl sites for hydroxylation is 1. The molecule has 256 valence electrons. The number of hydrogen-bond donors (Lipinski definition) is 3. The number of aliphatic hydroxyl groups is 1. The summed E-state index contributed by atoms with van der Waals surface area (Å²) in [4.78, 5) is 45.0. The van der Waals surface area contributed by atoms with E-state index in [4.69, 9.17) is 15.8 Å². The molecule has 1 aliphatic heterocycles. The van der Waals surface area contributed by atoms with Crippen LogP contribution in [0.25, 0.3) is 0 Å². The van der Waals surface area contributed by atoms with Crippen molar-refractivity contribution < 1.29 is 24.3 Å². The number of allylic oxidation sites excluding steroid dienone is 3. The van der Waals surface area contributed by atoms with E-state index in [1.165, 1.54) is 28.0 Å². The first-order valence-corrected chi connectivity index (χ1v) is 15.6. The minimum atomic E-state index is -1.15. The van der Waals surface area contributed by atoms with Crippen LogP contribution in [-0.4, -0.2) is 72.2 Å². The third-order valence-corrected chi connectivity index (χ3v) is 7.02. The molecule has 1 fully saturated rings. The van der Waals surface area contributed by atoms with Gasteiger partial charge in [0.2, 0.25) is 12.3 Å². The fourth-order valence-corrected chi connectivity index (χ4v) is 4.33. The van der Waals surface area contributed by atoms with Gasteiger partial charge in [0, 0.05) is 25.8 Å². The number of hydrogen-bond acceptors (Lipinski definition) is 7. The van der Waals surface area contributed by atoms with Gasteiger partial charge in [-0.15, -0.1) is 0 Å². The van der Waals surface area contributed by atoms with Crippen molar-refractivity contribution in [3.8, 4) is 6.07 Å². The van der Waals surface area contributed by atoms with Crippen LogP contribution in [0.2, 0.25) is 0 Å². The molecule has 3 unspecified atom stereocenters. The van der Waals surface area contributed by atoms with Crippen molar-refractivity contribution in [3.63, 3.8) is 0 Å². The monoisotopic (exact) mass is 647 g/mol. The summed E-state index contributed by atoms with van der Waals surface area (Å²) >= 11 is 0. The van der Waals surface area contributed by atoms with E-state index < -0.39 is 23.5 Å². The summed E-state index contributed by atoms with van der Waals surface area (Å²) in [7, 11) is 1.50. The number of rotatable bonds is 6. The number of aliphatic hydroxyl groups excluding tert-OH is 1. The summed E-state index contributed by atoms with van der Waals surface area (Å²) in [5.74, 6) is -0.431. The van der Waals surface area contributed by atoms with Gasteiger partial charge in [0.1, 0.15) is 18.9 Å². The molecule has 0 saturated carbocycles. The van der Waals surface area contributed by atoms with Crippen LogP contribution in [0.5, 0.6) is 0 Å². The lowest BCUT2D eigenvalue weighted by molar-refractivity contribution is -0.148. The van der Waals surface area contributed by atoms with E-state index >= 15 is 0 Å². The molecule has 10 heteroatoms. The number of carbonyl (C=O) groups excluding carboxylic acids is 4. The lowest BCUT2D eigenvalue weighted by Gasteiger charge is -2.30. The van der Waals surface area contributed by atoms with Crippen LogP contribution >= 0.6 is 0 Å². The van der Waals surface area contributed by atoms with Crippen molar-refractivity contribution in [3.05, 3.63) is 95.7 Å². The van der Waals surface area contributed by atoms with E-state index in [1.807, 2.05) is 80.5 Å². The molecule has 47 heavy (non-hydrogen) atoms. The smallest absolute Gasteiger partial charge is 0.252 e. The number of nitrogens with one attached hydrogen (secondary N) is 1. The number of nitriles is 1. The highest BCUT2D eigenvalue weighted by molar-refractivity contribution is 5.87. The number of amides is 3. The predicted molar refractivity (Wildman–Crippen MR) is 186 cm³/mol. The van der Waals surface area contributed by atoms with Crippen LogP contribution in [0.1, 0.15) is 58.1 Å². The molecule has 0 radical (unpaired) electrons. The van der Waals surface area contributed by atoms with Crippen LogP contribution in [0.15, 0.2) is 84.6 Å². The Balaban J connectivity index is 0.000000666. The Morgan fingerprint density at radius 1 is 1.13 bits per heavy atom. The topological polar surface area (TPSA) is 157 Å². The highest BCUT2D eigenvalue weighted by atomic mass is 16.3. The fourth-order valence-electron chi connectivity index (χ4n) is 4.33. The largest absolute Gasteiger partial charge is 0.383 e. The van der Waals surface area contributed by atoms with Gasteiger partial charge in [0.05, 0.1) is 12.6 Å². The summed E-state index contributed by atoms with van der Waals surface area (Å²) in [5, 5.41) is 21.6. The quantitative estimate of drug-likeness (QED) is 0.389. The second kappa shape index (κ2) is 23.7. The highest BCUT2D eigenvalue weighted by Crippen LogP contribution is 2.23. The van der Waals surface area contributed by atoms with Gasteiger partial charge in [-0.3, -0.25) is 14.4 Å². The normalized spacial score (nSPS) is 16.7. The van der Waals surface area contributed by atoms with Crippen molar-refractivity contribution in [2.75, 3.05) is 20.1 Å². The Morgan fingerprint density at radius 2 is 1.70 bits per heavy atom. The maximum Gasteiger partial charge on any atom is 0.252 e. The second-order valence-electron chi connectivity index (χ2n) is 12.2. The number of likely N-dealkylation sites (N-methyl/N-ethyl adjacent to an activating group) is 1. The summed E-state index contributed by atoms with van der Waals surface area (Å²) < 4.78 is 0. The zero-order valence-corrected chi connectivity index (χ0v) is 28.8. The van der Waals surface area contributed by atoms with E-state index in [0.717, 1.165) is 18.5 Å². The molecule has 4 rings (SSSR count). The molecule has 3 atom stereocenters. The van der Waals surface area contributed by atoms with Crippen molar-refractivity contribution in [2.45, 2.75) is 72.6 Å². The van der Waals surface area contributed by atoms with Crippen LogP contribution in [0, 0.1) is 29.6 Å². The van der Waals surface area contributed by atoms with Crippen molar-refractivity contribution in [1.29, 1.82) is 5.26 Å². The third-order valence-electron chi connectivity index (χ3n) is 7.02. The lowest BCUT2D eigenvalue weighted by Crippen LogP contribution is -2.48. The first-order chi connectivity index (χ1) is 22.3. The molecule has 2 aliphatic rings. The summed E-state index contributed by atoms with van der Waals surface area (Å²) in [6, 6.07) is 22.0. The molecule has 0 aromatic heterocycles. The second-order valence-corrected chi connectivity index (χ2v) is 12.2. The maximum absolute atomic E-state index is 12.2. The Hall–Kier alpha value is -4.59. The number of likely N-dealkylation sites (tertiary alicyclic amines) is 1. The van der Waals surface area contributed by atoms with Gasteiger partial charge in [-0.2, -0.15) is 5.26 Å². The van der Waals surface area contributed by atoms with E-state index in [2.05, 4.69) is 30.4 Å². The van der Waals surface area contributed by atoms with Gasteiger partial charge in [-0.25, -0.2) is 0 Å². The Morgan fingerprint density at radius 3 is 2.11 bits per heavy atom. The number of benzene rings is 2. The van der Waals surface area contributed by atoms with Gasteiger partial charge in [0.25, 0.3) is 5.91 Å². The van der Waals surface area contributed by atoms with Crippen LogP contribution in [-0.2, 0) is 25.7 Å². The zero-order valence-electron chi connectivity index (χ0n) is 28.8. The molecular weight excluding hydrogens is 594 g/mol. The molecule has 1 heterocycles. The maximum atomic E-state index is 12.2. The molecule has 0 spiro atoms. The first kappa shape index (κ1) is 42.4. The zero-order chi connectivity index (χ0) is 35.8. The summed E-state index contributed by atoms with van der Waals surface area (Å²) in [5.41, 5.74) is 8.19. The van der Waals surface area contributed by atoms with Crippen LogP contribution in [0.4, 0.5) is 0 Å². The molecule has 2 aromatic carbocycles. The first-order valence-electron chi connectivity index (χ1n) is 15.6. The molecule has 0 bridgehead atoms. The molecule has 1 aliphatic carbocycles. The average molecular weight is 648 g/mol. The molecular formula is C37H53N5O5. The minimum Gasteiger partial charge on any atom is -0.383 e. The Labute approximate surface area is 280 Å². The van der Waals surface area contributed by atoms with Gasteiger partial charge < -0.3 is 30.8 Å². The van der Waals surface area contributed by atoms with Crippen molar-refractivity contribution in [1.82, 2.24) is 15.1 Å². The molecule has 4 N–H and O–H groups in total. The van der Waals surface area contributed by atoms with E-state index in [9.17, 15) is 19.5 Å². The number of nitrogens with two attached hydrogens (primary N) is 1. The number of carbonyl (C=O) groups is 4. The Bertz CT molecular complexity index is 1290. The standard InChI is InChI=1S/C15H25N3O3.C7H9NO.C7H9N.C7H8.CH2O/c1-10-6-11(7-16)18(8-10)12(19)9-17(5)14(21)13(20)15(2,3)4;9-6-8-7-4-2-1-3-5-7;8-6-7-4-2-1-3-5-7;1-7-5-3-2-4-6-7;1-2/h10-11,13,20H,6,8-9H2,1-5H3;2,4-6H,1,3H2,(H,8,9);1-5H,6,8H2;2-6H,1H3;1H2. The van der Waals surface area contributed by atoms with Crippen molar-refractivity contribution in [2.24, 2.45) is 17.1 Å². The van der Waals surface area contributed by atoms with Crippen LogP contribution < -0.4 is 11.1 Å².